The second-order valence-corrected chi connectivity index (χ2v) is 2.33. The van der Waals surface area contributed by atoms with Crippen LogP contribution in [0.3, 0.4) is 0 Å². The molecule has 0 rings (SSSR count). The molecule has 11 heavy (non-hydrogen) atoms. The largest absolute Gasteiger partial charge is 0.494 e. The van der Waals surface area contributed by atoms with Crippen LogP contribution in [0.1, 0.15) is 12.8 Å². The third-order valence-electron chi connectivity index (χ3n) is 1.34. The molecule has 0 aromatic carbocycles. The first-order valence-corrected chi connectivity index (χ1v) is 3.90. The third-order valence-corrected chi connectivity index (χ3v) is 1.34. The molecule has 0 saturated carbocycles. The Bertz CT molecular complexity index is 121. The first kappa shape index (κ1) is 10.2. The van der Waals surface area contributed by atoms with Crippen molar-refractivity contribution in [3.8, 4) is 0 Å². The Morgan fingerprint density at radius 1 is 1.55 bits per heavy atom. The molecule has 0 radical (unpaired) electrons. The molecule has 0 atom stereocenters. The highest BCUT2D eigenvalue weighted by Gasteiger charge is 1.88. The van der Waals surface area contributed by atoms with Gasteiger partial charge in [-0.3, -0.25) is 0 Å². The van der Waals surface area contributed by atoms with Gasteiger partial charge in [0.15, 0.2) is 0 Å². The van der Waals surface area contributed by atoms with E-state index in [1.165, 1.54) is 0 Å². The van der Waals surface area contributed by atoms with Gasteiger partial charge >= 0.3 is 0 Å². The van der Waals surface area contributed by atoms with Crippen LogP contribution in [0.2, 0.25) is 0 Å². The van der Waals surface area contributed by atoms with Gasteiger partial charge in [-0.15, -0.1) is 0 Å². The predicted molar refractivity (Wildman–Crippen MR) is 48.4 cm³/mol. The molecule has 0 aromatic rings. The molecule has 64 valence electrons. The normalized spacial score (nSPS) is 9.18. The van der Waals surface area contributed by atoms with Crippen LogP contribution in [-0.4, -0.2) is 20.2 Å². The molecule has 0 unspecified atom stereocenters. The Morgan fingerprint density at radius 2 is 2.27 bits per heavy atom. The lowest BCUT2D eigenvalue weighted by Gasteiger charge is -2.04. The molecule has 0 saturated heterocycles. The molecule has 0 aliphatic heterocycles. The summed E-state index contributed by atoms with van der Waals surface area (Å²) in [4.78, 5) is 0. The van der Waals surface area contributed by atoms with Crippen molar-refractivity contribution in [3.63, 3.8) is 0 Å². The fourth-order valence-electron chi connectivity index (χ4n) is 0.666. The average molecular weight is 155 g/mol. The molecule has 0 aliphatic rings. The van der Waals surface area contributed by atoms with Gasteiger partial charge in [-0.2, -0.15) is 0 Å². The summed E-state index contributed by atoms with van der Waals surface area (Å²) in [5, 5.41) is 3.07. The van der Waals surface area contributed by atoms with Crippen LogP contribution in [0, 0.1) is 0 Å². The Labute approximate surface area is 68.9 Å². The lowest BCUT2D eigenvalue weighted by Crippen LogP contribution is -2.08. The van der Waals surface area contributed by atoms with Crippen molar-refractivity contribution in [1.82, 2.24) is 5.32 Å². The van der Waals surface area contributed by atoms with E-state index in [1.807, 2.05) is 7.05 Å². The van der Waals surface area contributed by atoms with E-state index < -0.39 is 0 Å². The molecule has 2 heteroatoms. The van der Waals surface area contributed by atoms with Gasteiger partial charge in [-0.25, -0.2) is 0 Å². The Balaban J connectivity index is 3.01. The maximum absolute atomic E-state index is 5.20. The Hall–Kier alpha value is -0.760. The van der Waals surface area contributed by atoms with Crippen molar-refractivity contribution in [1.29, 1.82) is 0 Å². The summed E-state index contributed by atoms with van der Waals surface area (Å²) in [6, 6.07) is 0. The predicted octanol–water partition coefficient (Wildman–Crippen LogP) is 1.70. The Morgan fingerprint density at radius 3 is 2.82 bits per heavy atom. The maximum atomic E-state index is 5.20. The molecule has 0 bridgehead atoms. The van der Waals surface area contributed by atoms with E-state index in [9.17, 15) is 0 Å². The maximum Gasteiger partial charge on any atom is 0.111 e. The minimum Gasteiger partial charge on any atom is -0.494 e. The van der Waals surface area contributed by atoms with Crippen LogP contribution in [-0.2, 0) is 4.74 Å². The molecule has 0 spiro atoms. The molecule has 0 amide bonds. The van der Waals surface area contributed by atoms with Crippen molar-refractivity contribution in [3.05, 3.63) is 25.0 Å². The van der Waals surface area contributed by atoms with E-state index in [1.54, 1.807) is 6.08 Å². The fourth-order valence-corrected chi connectivity index (χ4v) is 0.666. The first-order valence-electron chi connectivity index (χ1n) is 3.90. The zero-order chi connectivity index (χ0) is 8.53. The number of unbranched alkanes of at least 4 members (excludes halogenated alkanes) is 1. The van der Waals surface area contributed by atoms with E-state index in [-0.39, 0.29) is 0 Å². The van der Waals surface area contributed by atoms with Crippen molar-refractivity contribution in [2.75, 3.05) is 20.2 Å². The molecule has 1 N–H and O–H groups in total. The van der Waals surface area contributed by atoms with Crippen LogP contribution in [0.25, 0.3) is 0 Å². The minimum absolute atomic E-state index is 0.662. The van der Waals surface area contributed by atoms with Crippen molar-refractivity contribution in [2.24, 2.45) is 0 Å². The molecular formula is C9H17NO. The summed E-state index contributed by atoms with van der Waals surface area (Å²) >= 11 is 0. The average Bonchev–Trinajstić information content (AvgIpc) is 2.04. The van der Waals surface area contributed by atoms with Crippen molar-refractivity contribution >= 4 is 0 Å². The van der Waals surface area contributed by atoms with Crippen molar-refractivity contribution < 1.29 is 4.74 Å². The van der Waals surface area contributed by atoms with Gasteiger partial charge in [0.25, 0.3) is 0 Å². The molecule has 0 aromatic heterocycles. The lowest BCUT2D eigenvalue weighted by atomic mass is 10.3. The first-order chi connectivity index (χ1) is 5.31. The topological polar surface area (TPSA) is 21.3 Å². The van der Waals surface area contributed by atoms with Gasteiger partial charge in [0.2, 0.25) is 0 Å². The van der Waals surface area contributed by atoms with E-state index in [4.69, 9.17) is 4.74 Å². The number of nitrogens with one attached hydrogen (secondary N) is 1. The minimum atomic E-state index is 0.662. The van der Waals surface area contributed by atoms with E-state index in [0.29, 0.717) is 5.76 Å². The summed E-state index contributed by atoms with van der Waals surface area (Å²) in [5.41, 5.74) is 0. The monoisotopic (exact) mass is 155 g/mol. The standard InChI is InChI=1S/C9H17NO/c1-4-9(2)11-8-6-5-7-10-3/h4,10H,1-2,5-8H2,3H3. The number of ether oxygens (including phenoxy) is 1. The number of allylic oxidation sites excluding steroid dienone is 1. The van der Waals surface area contributed by atoms with E-state index in [2.05, 4.69) is 18.5 Å². The highest BCUT2D eigenvalue weighted by atomic mass is 16.5. The van der Waals surface area contributed by atoms with Crippen LogP contribution < -0.4 is 5.32 Å². The summed E-state index contributed by atoms with van der Waals surface area (Å²) in [7, 11) is 1.95. The van der Waals surface area contributed by atoms with Gasteiger partial charge in [-0.1, -0.05) is 13.2 Å². The highest BCUT2D eigenvalue weighted by Crippen LogP contribution is 1.96. The SMILES string of the molecule is C=CC(=C)OCCCCNC. The van der Waals surface area contributed by atoms with Gasteiger partial charge in [0.1, 0.15) is 5.76 Å². The highest BCUT2D eigenvalue weighted by molar-refractivity contribution is 5.01. The number of rotatable bonds is 7. The Kier molecular flexibility index (Phi) is 6.84. The zero-order valence-corrected chi connectivity index (χ0v) is 7.23. The van der Waals surface area contributed by atoms with Gasteiger partial charge in [0.05, 0.1) is 6.61 Å². The molecule has 0 aliphatic carbocycles. The molecular weight excluding hydrogens is 138 g/mol. The summed E-state index contributed by atoms with van der Waals surface area (Å²) in [6.45, 7) is 8.96. The number of hydrogen-bond acceptors (Lipinski definition) is 2. The van der Waals surface area contributed by atoms with E-state index in [0.717, 1.165) is 26.0 Å². The fraction of sp³-hybridized carbons (Fsp3) is 0.556. The lowest BCUT2D eigenvalue weighted by molar-refractivity contribution is 0.219. The van der Waals surface area contributed by atoms with Gasteiger partial charge in [-0.05, 0) is 32.5 Å². The van der Waals surface area contributed by atoms with Crippen LogP contribution >= 0.6 is 0 Å². The zero-order valence-electron chi connectivity index (χ0n) is 7.23. The van der Waals surface area contributed by atoms with E-state index >= 15 is 0 Å². The molecule has 0 fully saturated rings. The molecule has 0 heterocycles. The van der Waals surface area contributed by atoms with Crippen molar-refractivity contribution in [2.45, 2.75) is 12.8 Å². The van der Waals surface area contributed by atoms with Gasteiger partial charge in [0, 0.05) is 0 Å². The van der Waals surface area contributed by atoms with Gasteiger partial charge < -0.3 is 10.1 Å². The quantitative estimate of drug-likeness (QED) is 0.343. The van der Waals surface area contributed by atoms with Crippen LogP contribution in [0.4, 0.5) is 0 Å². The third kappa shape index (κ3) is 7.13. The second-order valence-electron chi connectivity index (χ2n) is 2.33. The smallest absolute Gasteiger partial charge is 0.111 e. The van der Waals surface area contributed by atoms with Crippen LogP contribution in [0.5, 0.6) is 0 Å². The van der Waals surface area contributed by atoms with Crippen LogP contribution in [0.15, 0.2) is 25.0 Å². The summed E-state index contributed by atoms with van der Waals surface area (Å²) in [6.07, 6.45) is 3.83. The second kappa shape index (κ2) is 7.35. The molecule has 2 nitrogen and oxygen atoms in total. The summed E-state index contributed by atoms with van der Waals surface area (Å²) < 4.78 is 5.20. The number of hydrogen-bond donors (Lipinski definition) is 1. The summed E-state index contributed by atoms with van der Waals surface area (Å²) in [5.74, 6) is 0.662.